The summed E-state index contributed by atoms with van der Waals surface area (Å²) in [5, 5.41) is 0. The smallest absolute Gasteiger partial charge is 0.00485 e. The lowest BCUT2D eigenvalue weighted by molar-refractivity contribution is 0.488. The van der Waals surface area contributed by atoms with Gasteiger partial charge in [0.1, 0.15) is 0 Å². The van der Waals surface area contributed by atoms with Gasteiger partial charge in [-0.05, 0) is 25.4 Å². The zero-order valence-electron chi connectivity index (χ0n) is 5.56. The van der Waals surface area contributed by atoms with Gasteiger partial charge in [-0.1, -0.05) is 13.3 Å². The molecule has 1 atom stereocenters. The van der Waals surface area contributed by atoms with E-state index in [1.165, 1.54) is 0 Å². The zero-order chi connectivity index (χ0) is 6.41. The van der Waals surface area contributed by atoms with Crippen molar-refractivity contribution in [2.45, 2.75) is 19.8 Å². The Balaban J connectivity index is 3.07. The predicted octanol–water partition coefficient (Wildman–Crippen LogP) is 0.320. The molecule has 0 aromatic carbocycles. The lowest BCUT2D eigenvalue weighted by Crippen LogP contribution is -2.17. The SMILES string of the molecule is CCC(CN)CCN. The molecule has 0 aliphatic heterocycles. The Morgan fingerprint density at radius 2 is 2.00 bits per heavy atom. The Morgan fingerprint density at radius 1 is 1.38 bits per heavy atom. The minimum absolute atomic E-state index is 0.653. The lowest BCUT2D eigenvalue weighted by atomic mass is 10.0. The van der Waals surface area contributed by atoms with Crippen molar-refractivity contribution in [3.63, 3.8) is 0 Å². The molecule has 0 heterocycles. The third kappa shape index (κ3) is 2.99. The summed E-state index contributed by atoms with van der Waals surface area (Å²) in [6, 6.07) is 0. The molecule has 0 radical (unpaired) electrons. The van der Waals surface area contributed by atoms with Crippen LogP contribution in [0.15, 0.2) is 0 Å². The zero-order valence-corrected chi connectivity index (χ0v) is 5.56. The molecule has 8 heavy (non-hydrogen) atoms. The van der Waals surface area contributed by atoms with E-state index in [1.54, 1.807) is 0 Å². The molecule has 0 aromatic heterocycles. The predicted molar refractivity (Wildman–Crippen MR) is 36.5 cm³/mol. The van der Waals surface area contributed by atoms with Gasteiger partial charge < -0.3 is 11.5 Å². The van der Waals surface area contributed by atoms with E-state index in [2.05, 4.69) is 6.92 Å². The summed E-state index contributed by atoms with van der Waals surface area (Å²) in [7, 11) is 0. The first-order chi connectivity index (χ1) is 3.85. The van der Waals surface area contributed by atoms with Crippen LogP contribution in [0.3, 0.4) is 0 Å². The highest BCUT2D eigenvalue weighted by Crippen LogP contribution is 2.02. The van der Waals surface area contributed by atoms with E-state index in [-0.39, 0.29) is 0 Å². The first-order valence-corrected chi connectivity index (χ1v) is 3.25. The van der Waals surface area contributed by atoms with Crippen molar-refractivity contribution >= 4 is 0 Å². The molecule has 2 heteroatoms. The molecule has 0 aliphatic rings. The lowest BCUT2D eigenvalue weighted by Gasteiger charge is -2.08. The molecule has 4 N–H and O–H groups in total. The maximum atomic E-state index is 5.41. The third-order valence-electron chi connectivity index (χ3n) is 1.49. The Labute approximate surface area is 51.2 Å². The molecular weight excluding hydrogens is 100 g/mol. The van der Waals surface area contributed by atoms with E-state index in [0.717, 1.165) is 25.9 Å². The van der Waals surface area contributed by atoms with Gasteiger partial charge in [0, 0.05) is 0 Å². The van der Waals surface area contributed by atoms with Crippen LogP contribution in [0.25, 0.3) is 0 Å². The average molecular weight is 116 g/mol. The van der Waals surface area contributed by atoms with Crippen molar-refractivity contribution in [2.75, 3.05) is 13.1 Å². The normalized spacial score (nSPS) is 13.9. The van der Waals surface area contributed by atoms with Crippen LogP contribution in [0.4, 0.5) is 0 Å². The van der Waals surface area contributed by atoms with Crippen LogP contribution in [-0.2, 0) is 0 Å². The standard InChI is InChI=1S/C6H16N2/c1-2-6(5-8)3-4-7/h6H,2-5,7-8H2,1H3. The second-order valence-corrected chi connectivity index (χ2v) is 2.09. The maximum Gasteiger partial charge on any atom is -0.00485 e. The molecule has 50 valence electrons. The van der Waals surface area contributed by atoms with Gasteiger partial charge in [0.05, 0.1) is 0 Å². The van der Waals surface area contributed by atoms with Gasteiger partial charge in [-0.25, -0.2) is 0 Å². The molecule has 0 bridgehead atoms. The number of rotatable bonds is 4. The largest absolute Gasteiger partial charge is 0.330 e. The average Bonchev–Trinajstić information content (AvgIpc) is 1.83. The first-order valence-electron chi connectivity index (χ1n) is 3.25. The Hall–Kier alpha value is -0.0800. The van der Waals surface area contributed by atoms with E-state index >= 15 is 0 Å². The first kappa shape index (κ1) is 7.92. The van der Waals surface area contributed by atoms with E-state index in [0.29, 0.717) is 5.92 Å². The summed E-state index contributed by atoms with van der Waals surface area (Å²) in [5.41, 5.74) is 10.7. The fourth-order valence-corrected chi connectivity index (χ4v) is 0.724. The molecular formula is C6H16N2. The Bertz CT molecular complexity index is 41.8. The highest BCUT2D eigenvalue weighted by molar-refractivity contribution is 4.56. The van der Waals surface area contributed by atoms with Crippen LogP contribution in [0.2, 0.25) is 0 Å². The van der Waals surface area contributed by atoms with Crippen LogP contribution >= 0.6 is 0 Å². The van der Waals surface area contributed by atoms with E-state index < -0.39 is 0 Å². The summed E-state index contributed by atoms with van der Waals surface area (Å²) in [6.07, 6.45) is 2.24. The van der Waals surface area contributed by atoms with Gasteiger partial charge in [-0.2, -0.15) is 0 Å². The summed E-state index contributed by atoms with van der Waals surface area (Å²) < 4.78 is 0. The van der Waals surface area contributed by atoms with Crippen LogP contribution in [-0.4, -0.2) is 13.1 Å². The molecule has 0 amide bonds. The summed E-state index contributed by atoms with van der Waals surface area (Å²) in [4.78, 5) is 0. The van der Waals surface area contributed by atoms with Crippen molar-refractivity contribution in [1.82, 2.24) is 0 Å². The fourth-order valence-electron chi connectivity index (χ4n) is 0.724. The van der Waals surface area contributed by atoms with Crippen molar-refractivity contribution in [3.05, 3.63) is 0 Å². The Kier molecular flexibility index (Phi) is 5.01. The molecule has 0 saturated heterocycles. The van der Waals surface area contributed by atoms with Gasteiger partial charge in [-0.3, -0.25) is 0 Å². The van der Waals surface area contributed by atoms with Crippen LogP contribution < -0.4 is 11.5 Å². The van der Waals surface area contributed by atoms with Crippen molar-refractivity contribution in [3.8, 4) is 0 Å². The van der Waals surface area contributed by atoms with Gasteiger partial charge in [0.25, 0.3) is 0 Å². The Morgan fingerprint density at radius 3 is 2.12 bits per heavy atom. The van der Waals surface area contributed by atoms with E-state index in [9.17, 15) is 0 Å². The van der Waals surface area contributed by atoms with Crippen LogP contribution in [0.1, 0.15) is 19.8 Å². The molecule has 0 spiro atoms. The molecule has 0 rings (SSSR count). The minimum Gasteiger partial charge on any atom is -0.330 e. The van der Waals surface area contributed by atoms with Crippen molar-refractivity contribution < 1.29 is 0 Å². The highest BCUT2D eigenvalue weighted by atomic mass is 14.6. The molecule has 0 aliphatic carbocycles. The molecule has 2 nitrogen and oxygen atoms in total. The number of hydrogen-bond acceptors (Lipinski definition) is 2. The van der Waals surface area contributed by atoms with Gasteiger partial charge >= 0.3 is 0 Å². The molecule has 1 unspecified atom stereocenters. The molecule has 0 saturated carbocycles. The van der Waals surface area contributed by atoms with Gasteiger partial charge in [0.15, 0.2) is 0 Å². The van der Waals surface area contributed by atoms with Crippen molar-refractivity contribution in [1.29, 1.82) is 0 Å². The summed E-state index contributed by atoms with van der Waals surface area (Å²) in [5.74, 6) is 0.653. The second-order valence-electron chi connectivity index (χ2n) is 2.09. The van der Waals surface area contributed by atoms with Crippen LogP contribution in [0.5, 0.6) is 0 Å². The number of nitrogens with two attached hydrogens (primary N) is 2. The van der Waals surface area contributed by atoms with Gasteiger partial charge in [0.2, 0.25) is 0 Å². The summed E-state index contributed by atoms with van der Waals surface area (Å²) >= 11 is 0. The summed E-state index contributed by atoms with van der Waals surface area (Å²) in [6.45, 7) is 3.70. The van der Waals surface area contributed by atoms with Gasteiger partial charge in [-0.15, -0.1) is 0 Å². The monoisotopic (exact) mass is 116 g/mol. The minimum atomic E-state index is 0.653. The topological polar surface area (TPSA) is 52.0 Å². The number of hydrogen-bond donors (Lipinski definition) is 2. The molecule has 0 fully saturated rings. The van der Waals surface area contributed by atoms with Crippen LogP contribution in [0, 0.1) is 5.92 Å². The second kappa shape index (κ2) is 5.06. The van der Waals surface area contributed by atoms with Crippen molar-refractivity contribution in [2.24, 2.45) is 17.4 Å². The van der Waals surface area contributed by atoms with E-state index in [4.69, 9.17) is 11.5 Å². The fraction of sp³-hybridized carbons (Fsp3) is 1.00. The highest BCUT2D eigenvalue weighted by Gasteiger charge is 1.99. The maximum absolute atomic E-state index is 5.41. The molecule has 0 aromatic rings. The third-order valence-corrected chi connectivity index (χ3v) is 1.49. The van der Waals surface area contributed by atoms with E-state index in [1.807, 2.05) is 0 Å². The quantitative estimate of drug-likeness (QED) is 0.555.